The van der Waals surface area contributed by atoms with Crippen molar-refractivity contribution < 1.29 is 14.7 Å². The third-order valence-electron chi connectivity index (χ3n) is 3.34. The van der Waals surface area contributed by atoms with E-state index >= 15 is 0 Å². The monoisotopic (exact) mass is 337 g/mol. The van der Waals surface area contributed by atoms with Crippen molar-refractivity contribution in [3.05, 3.63) is 71.8 Å². The van der Waals surface area contributed by atoms with Crippen molar-refractivity contribution in [2.45, 2.75) is 6.92 Å². The van der Waals surface area contributed by atoms with Gasteiger partial charge in [0.2, 0.25) is 0 Å². The Morgan fingerprint density at radius 1 is 1.00 bits per heavy atom. The third-order valence-corrected chi connectivity index (χ3v) is 3.34. The number of benzene rings is 1. The second kappa shape index (κ2) is 6.83. The van der Waals surface area contributed by atoms with Crippen LogP contribution in [0, 0.1) is 6.92 Å². The molecule has 8 heteroatoms. The molecule has 25 heavy (non-hydrogen) atoms. The summed E-state index contributed by atoms with van der Waals surface area (Å²) in [6, 6.07) is 14.0. The van der Waals surface area contributed by atoms with Crippen molar-refractivity contribution in [3.63, 3.8) is 0 Å². The number of pyridine rings is 1. The summed E-state index contributed by atoms with van der Waals surface area (Å²) in [7, 11) is 0. The summed E-state index contributed by atoms with van der Waals surface area (Å²) in [6.45, 7) is 1.75. The van der Waals surface area contributed by atoms with Crippen LogP contribution in [0.2, 0.25) is 0 Å². The maximum Gasteiger partial charge on any atom is 0.294 e. The summed E-state index contributed by atoms with van der Waals surface area (Å²) in [4.78, 5) is 28.2. The number of carbonyl (C=O) groups excluding carboxylic acids is 2. The second-order valence-corrected chi connectivity index (χ2v) is 5.22. The van der Waals surface area contributed by atoms with Gasteiger partial charge in [0.1, 0.15) is 5.69 Å². The van der Waals surface area contributed by atoms with Gasteiger partial charge in [0.15, 0.2) is 11.4 Å². The molecule has 0 aliphatic rings. The summed E-state index contributed by atoms with van der Waals surface area (Å²) < 4.78 is 1.37. The lowest BCUT2D eigenvalue weighted by atomic mass is 10.3. The Bertz CT molecular complexity index is 921. The van der Waals surface area contributed by atoms with Crippen molar-refractivity contribution in [1.82, 2.24) is 25.6 Å². The summed E-state index contributed by atoms with van der Waals surface area (Å²) >= 11 is 0. The van der Waals surface area contributed by atoms with Crippen molar-refractivity contribution >= 4 is 11.8 Å². The summed E-state index contributed by atoms with van der Waals surface area (Å²) in [6.07, 6.45) is 1.31. The number of aryl methyl sites for hydroxylation is 1. The number of carbonyl (C=O) groups is 2. The number of nitrogens with one attached hydrogen (secondary N) is 2. The Balaban J connectivity index is 1.70. The lowest BCUT2D eigenvalue weighted by Crippen LogP contribution is -2.42. The SMILES string of the molecule is Cc1cccc(C(=O)NNC(=O)c2nn(-c3ccccc3)cc2O)n1. The molecule has 1 aromatic carbocycles. The highest BCUT2D eigenvalue weighted by Gasteiger charge is 2.18. The highest BCUT2D eigenvalue weighted by molar-refractivity contribution is 5.98. The molecule has 0 bridgehead atoms. The Hall–Kier alpha value is -3.68. The van der Waals surface area contributed by atoms with Gasteiger partial charge in [-0.25, -0.2) is 9.67 Å². The van der Waals surface area contributed by atoms with E-state index in [2.05, 4.69) is 20.9 Å². The van der Waals surface area contributed by atoms with Crippen LogP contribution in [-0.4, -0.2) is 31.7 Å². The molecule has 0 saturated carbocycles. The van der Waals surface area contributed by atoms with Gasteiger partial charge in [-0.3, -0.25) is 20.4 Å². The van der Waals surface area contributed by atoms with E-state index in [9.17, 15) is 14.7 Å². The van der Waals surface area contributed by atoms with Crippen LogP contribution in [0.3, 0.4) is 0 Å². The van der Waals surface area contributed by atoms with E-state index in [1.54, 1.807) is 31.2 Å². The molecule has 0 atom stereocenters. The van der Waals surface area contributed by atoms with Crippen LogP contribution in [-0.2, 0) is 0 Å². The van der Waals surface area contributed by atoms with Crippen molar-refractivity contribution in [1.29, 1.82) is 0 Å². The number of aromatic nitrogens is 3. The summed E-state index contributed by atoms with van der Waals surface area (Å²) in [5.41, 5.74) is 5.77. The lowest BCUT2D eigenvalue weighted by molar-refractivity contribution is 0.0839. The van der Waals surface area contributed by atoms with Gasteiger partial charge in [-0.2, -0.15) is 5.10 Å². The number of aromatic hydroxyl groups is 1. The average molecular weight is 337 g/mol. The quantitative estimate of drug-likeness (QED) is 0.625. The predicted molar refractivity (Wildman–Crippen MR) is 89.1 cm³/mol. The fourth-order valence-corrected chi connectivity index (χ4v) is 2.15. The normalized spacial score (nSPS) is 10.3. The molecular weight excluding hydrogens is 322 g/mol. The number of rotatable bonds is 3. The second-order valence-electron chi connectivity index (χ2n) is 5.22. The Labute approximate surface area is 143 Å². The maximum atomic E-state index is 12.1. The van der Waals surface area contributed by atoms with E-state index in [0.29, 0.717) is 11.4 Å². The van der Waals surface area contributed by atoms with Crippen LogP contribution in [0.15, 0.2) is 54.7 Å². The van der Waals surface area contributed by atoms with Gasteiger partial charge in [-0.05, 0) is 31.2 Å². The largest absolute Gasteiger partial charge is 0.504 e. The smallest absolute Gasteiger partial charge is 0.294 e. The van der Waals surface area contributed by atoms with E-state index in [4.69, 9.17) is 0 Å². The molecule has 2 amide bonds. The number of nitrogens with zero attached hydrogens (tertiary/aromatic N) is 3. The van der Waals surface area contributed by atoms with E-state index in [1.165, 1.54) is 16.9 Å². The average Bonchev–Trinajstić information content (AvgIpc) is 3.02. The zero-order valence-electron chi connectivity index (χ0n) is 13.3. The molecule has 0 saturated heterocycles. The Morgan fingerprint density at radius 3 is 2.44 bits per heavy atom. The maximum absolute atomic E-state index is 12.1. The molecule has 8 nitrogen and oxygen atoms in total. The van der Waals surface area contributed by atoms with Gasteiger partial charge >= 0.3 is 0 Å². The van der Waals surface area contributed by atoms with Crippen LogP contribution >= 0.6 is 0 Å². The lowest BCUT2D eigenvalue weighted by Gasteiger charge is -2.06. The fraction of sp³-hybridized carbons (Fsp3) is 0.0588. The fourth-order valence-electron chi connectivity index (χ4n) is 2.15. The molecule has 126 valence electrons. The molecule has 3 aromatic rings. The number of hydrazine groups is 1. The molecule has 0 unspecified atom stereocenters. The first-order valence-electron chi connectivity index (χ1n) is 7.43. The molecule has 0 aliphatic carbocycles. The number of amides is 2. The van der Waals surface area contributed by atoms with Crippen LogP contribution in [0.25, 0.3) is 5.69 Å². The topological polar surface area (TPSA) is 109 Å². The van der Waals surface area contributed by atoms with E-state index in [-0.39, 0.29) is 17.1 Å². The van der Waals surface area contributed by atoms with Gasteiger partial charge in [-0.1, -0.05) is 24.3 Å². The van der Waals surface area contributed by atoms with Gasteiger partial charge in [0.25, 0.3) is 11.8 Å². The van der Waals surface area contributed by atoms with Crippen molar-refractivity contribution in [3.8, 4) is 11.4 Å². The van der Waals surface area contributed by atoms with Crippen LogP contribution in [0.4, 0.5) is 0 Å². The van der Waals surface area contributed by atoms with Crippen molar-refractivity contribution in [2.75, 3.05) is 0 Å². The number of para-hydroxylation sites is 1. The van der Waals surface area contributed by atoms with Gasteiger partial charge in [-0.15, -0.1) is 0 Å². The minimum atomic E-state index is -0.742. The zero-order valence-corrected chi connectivity index (χ0v) is 13.3. The van der Waals surface area contributed by atoms with Crippen molar-refractivity contribution in [2.24, 2.45) is 0 Å². The minimum Gasteiger partial charge on any atom is -0.504 e. The van der Waals surface area contributed by atoms with E-state index in [0.717, 1.165) is 0 Å². The Morgan fingerprint density at radius 2 is 1.72 bits per heavy atom. The third kappa shape index (κ3) is 3.63. The zero-order chi connectivity index (χ0) is 17.8. The number of hydrogen-bond donors (Lipinski definition) is 3. The summed E-state index contributed by atoms with van der Waals surface area (Å²) in [5.74, 6) is -1.61. The van der Waals surface area contributed by atoms with Gasteiger partial charge < -0.3 is 5.11 Å². The molecule has 0 spiro atoms. The molecule has 0 fully saturated rings. The molecule has 2 heterocycles. The molecule has 2 aromatic heterocycles. The highest BCUT2D eigenvalue weighted by Crippen LogP contribution is 2.17. The molecule has 0 aliphatic heterocycles. The predicted octanol–water partition coefficient (Wildman–Crippen LogP) is 1.36. The van der Waals surface area contributed by atoms with E-state index < -0.39 is 11.8 Å². The molecule has 0 radical (unpaired) electrons. The Kier molecular flexibility index (Phi) is 4.42. The van der Waals surface area contributed by atoms with Crippen LogP contribution in [0.5, 0.6) is 5.75 Å². The van der Waals surface area contributed by atoms with E-state index in [1.807, 2.05) is 18.2 Å². The molecular formula is C17H15N5O3. The first-order chi connectivity index (χ1) is 12.0. The molecule has 3 rings (SSSR count). The minimum absolute atomic E-state index is 0.166. The molecule has 3 N–H and O–H groups in total. The standard InChI is InChI=1S/C17H15N5O3/c1-11-6-5-9-13(18-11)16(24)19-20-17(25)15-14(23)10-22(21-15)12-7-3-2-4-8-12/h2-10,23H,1H3,(H,19,24)(H,20,25). The van der Waals surface area contributed by atoms with Crippen LogP contribution in [0.1, 0.15) is 26.7 Å². The van der Waals surface area contributed by atoms with Gasteiger partial charge in [0.05, 0.1) is 11.9 Å². The number of hydrogen-bond acceptors (Lipinski definition) is 5. The summed E-state index contributed by atoms with van der Waals surface area (Å²) in [5, 5.41) is 13.9. The first-order valence-corrected chi connectivity index (χ1v) is 7.43. The first kappa shape index (κ1) is 16.2. The van der Waals surface area contributed by atoms with Crippen LogP contribution < -0.4 is 10.9 Å². The van der Waals surface area contributed by atoms with Gasteiger partial charge in [0, 0.05) is 5.69 Å². The highest BCUT2D eigenvalue weighted by atomic mass is 16.3.